The summed E-state index contributed by atoms with van der Waals surface area (Å²) in [6.07, 6.45) is 1.78. The maximum absolute atomic E-state index is 14.3. The van der Waals surface area contributed by atoms with Crippen molar-refractivity contribution < 1.29 is 0 Å². The molecular formula is C31H22N2O. The lowest BCUT2D eigenvalue weighted by Crippen LogP contribution is -2.22. The second-order valence-corrected chi connectivity index (χ2v) is 8.45. The second-order valence-electron chi connectivity index (χ2n) is 8.45. The van der Waals surface area contributed by atoms with Crippen molar-refractivity contribution >= 4 is 21.7 Å². The maximum atomic E-state index is 14.3. The van der Waals surface area contributed by atoms with Gasteiger partial charge in [-0.3, -0.25) is 14.3 Å². The highest BCUT2D eigenvalue weighted by Gasteiger charge is 2.22. The fraction of sp³-hybridized carbons (Fsp3) is 0.0323. The average molecular weight is 439 g/mol. The Morgan fingerprint density at radius 1 is 0.676 bits per heavy atom. The summed E-state index contributed by atoms with van der Waals surface area (Å²) in [5.74, 6) is 0. The molecule has 0 amide bonds. The molecule has 6 rings (SSSR count). The van der Waals surface area contributed by atoms with Crippen LogP contribution in [0.25, 0.3) is 49.7 Å². The number of para-hydroxylation sites is 1. The number of benzene rings is 4. The van der Waals surface area contributed by atoms with Crippen LogP contribution in [0.15, 0.2) is 120 Å². The van der Waals surface area contributed by atoms with Crippen LogP contribution in [0, 0.1) is 6.92 Å². The quantitative estimate of drug-likeness (QED) is 0.293. The first-order chi connectivity index (χ1) is 16.7. The van der Waals surface area contributed by atoms with Gasteiger partial charge >= 0.3 is 0 Å². The largest absolute Gasteiger partial charge is 0.273 e. The Labute approximate surface area is 197 Å². The Bertz CT molecular complexity index is 1710. The lowest BCUT2D eigenvalue weighted by atomic mass is 9.92. The third-order valence-corrected chi connectivity index (χ3v) is 6.38. The number of pyridine rings is 2. The Balaban J connectivity index is 1.90. The number of hydrogen-bond donors (Lipinski definition) is 0. The van der Waals surface area contributed by atoms with Crippen molar-refractivity contribution in [3.63, 3.8) is 0 Å². The van der Waals surface area contributed by atoms with E-state index >= 15 is 0 Å². The summed E-state index contributed by atoms with van der Waals surface area (Å²) in [5, 5.41) is 2.69. The molecule has 0 aliphatic rings. The molecule has 0 radical (unpaired) electrons. The molecule has 2 aromatic heterocycles. The SMILES string of the molecule is Cc1cccc2c(-c3ccccc3)c(-c3ccccc3)n(-c3cccc4cccnc34)c(=O)c12. The van der Waals surface area contributed by atoms with E-state index in [0.29, 0.717) is 0 Å². The molecule has 3 nitrogen and oxygen atoms in total. The normalized spacial score (nSPS) is 11.2. The zero-order valence-corrected chi connectivity index (χ0v) is 18.8. The highest BCUT2D eigenvalue weighted by Crippen LogP contribution is 2.39. The predicted octanol–water partition coefficient (Wildman–Crippen LogP) is 7.18. The molecule has 0 N–H and O–H groups in total. The van der Waals surface area contributed by atoms with Gasteiger partial charge in [-0.2, -0.15) is 0 Å². The summed E-state index contributed by atoms with van der Waals surface area (Å²) < 4.78 is 1.86. The van der Waals surface area contributed by atoms with Crippen molar-refractivity contribution in [2.45, 2.75) is 6.92 Å². The van der Waals surface area contributed by atoms with Crippen LogP contribution in [0.3, 0.4) is 0 Å². The van der Waals surface area contributed by atoms with Crippen molar-refractivity contribution in [2.24, 2.45) is 0 Å². The van der Waals surface area contributed by atoms with E-state index in [-0.39, 0.29) is 5.56 Å². The van der Waals surface area contributed by atoms with E-state index in [2.05, 4.69) is 35.3 Å². The minimum absolute atomic E-state index is 0.0372. The van der Waals surface area contributed by atoms with Crippen molar-refractivity contribution in [3.8, 4) is 28.1 Å². The van der Waals surface area contributed by atoms with Gasteiger partial charge in [0.1, 0.15) is 0 Å². The Morgan fingerprint density at radius 3 is 2.12 bits per heavy atom. The van der Waals surface area contributed by atoms with E-state index in [4.69, 9.17) is 0 Å². The molecule has 0 spiro atoms. The van der Waals surface area contributed by atoms with Gasteiger partial charge in [0, 0.05) is 17.1 Å². The highest BCUT2D eigenvalue weighted by atomic mass is 16.1. The number of nitrogens with zero attached hydrogens (tertiary/aromatic N) is 2. The summed E-state index contributed by atoms with van der Waals surface area (Å²) in [5.41, 5.74) is 6.46. The number of rotatable bonds is 3. The zero-order chi connectivity index (χ0) is 23.1. The predicted molar refractivity (Wildman–Crippen MR) is 140 cm³/mol. The van der Waals surface area contributed by atoms with Crippen LogP contribution in [0.1, 0.15) is 5.56 Å². The molecule has 3 heteroatoms. The van der Waals surface area contributed by atoms with Crippen LogP contribution in [-0.4, -0.2) is 9.55 Å². The molecule has 0 aliphatic heterocycles. The van der Waals surface area contributed by atoms with Crippen molar-refractivity contribution in [1.29, 1.82) is 0 Å². The van der Waals surface area contributed by atoms with Gasteiger partial charge in [0.05, 0.1) is 22.3 Å². The summed E-state index contributed by atoms with van der Waals surface area (Å²) in [6.45, 7) is 2.01. The minimum Gasteiger partial charge on any atom is -0.273 e. The summed E-state index contributed by atoms with van der Waals surface area (Å²) in [7, 11) is 0. The smallest absolute Gasteiger partial charge is 0.263 e. The van der Waals surface area contributed by atoms with E-state index in [1.54, 1.807) is 6.20 Å². The van der Waals surface area contributed by atoms with E-state index in [9.17, 15) is 4.79 Å². The molecule has 0 saturated carbocycles. The number of aromatic nitrogens is 2. The fourth-order valence-corrected chi connectivity index (χ4v) is 4.88. The van der Waals surface area contributed by atoms with Gasteiger partial charge in [0.2, 0.25) is 0 Å². The molecule has 0 unspecified atom stereocenters. The van der Waals surface area contributed by atoms with Gasteiger partial charge in [-0.1, -0.05) is 97.1 Å². The number of hydrogen-bond acceptors (Lipinski definition) is 2. The van der Waals surface area contributed by atoms with Crippen molar-refractivity contribution in [3.05, 3.63) is 131 Å². The molecule has 0 bridgehead atoms. The van der Waals surface area contributed by atoms with Gasteiger partial charge in [0.25, 0.3) is 5.56 Å². The third-order valence-electron chi connectivity index (χ3n) is 6.38. The Kier molecular flexibility index (Phi) is 4.81. The first-order valence-electron chi connectivity index (χ1n) is 11.4. The highest BCUT2D eigenvalue weighted by molar-refractivity contribution is 6.04. The van der Waals surface area contributed by atoms with Crippen LogP contribution in [-0.2, 0) is 0 Å². The summed E-state index contributed by atoms with van der Waals surface area (Å²) >= 11 is 0. The summed E-state index contributed by atoms with van der Waals surface area (Å²) in [4.78, 5) is 19.0. The first-order valence-corrected chi connectivity index (χ1v) is 11.4. The Hall–Kier alpha value is -4.50. The van der Waals surface area contributed by atoms with E-state index in [0.717, 1.165) is 55.3 Å². The summed E-state index contributed by atoms with van der Waals surface area (Å²) in [6, 6.07) is 36.5. The molecular weight excluding hydrogens is 416 g/mol. The van der Waals surface area contributed by atoms with E-state index in [1.165, 1.54) is 0 Å². The fourth-order valence-electron chi connectivity index (χ4n) is 4.88. The monoisotopic (exact) mass is 438 g/mol. The number of aryl methyl sites for hydroxylation is 1. The van der Waals surface area contributed by atoms with E-state index < -0.39 is 0 Å². The van der Waals surface area contributed by atoms with Crippen LogP contribution in [0.2, 0.25) is 0 Å². The molecule has 162 valence electrons. The second kappa shape index (κ2) is 8.13. The van der Waals surface area contributed by atoms with Crippen LogP contribution >= 0.6 is 0 Å². The lowest BCUT2D eigenvalue weighted by Gasteiger charge is -2.22. The molecule has 0 saturated heterocycles. The van der Waals surface area contributed by atoms with Gasteiger partial charge in [-0.15, -0.1) is 0 Å². The zero-order valence-electron chi connectivity index (χ0n) is 18.8. The topological polar surface area (TPSA) is 34.9 Å². The number of fused-ring (bicyclic) bond motifs is 2. The maximum Gasteiger partial charge on any atom is 0.263 e. The molecule has 2 heterocycles. The van der Waals surface area contributed by atoms with Crippen LogP contribution in [0.4, 0.5) is 0 Å². The average Bonchev–Trinajstić information content (AvgIpc) is 2.89. The standard InChI is InChI=1S/C31H22N2O/c1-21-11-8-18-25-27(21)31(34)33(26-19-9-16-23-17-10-20-32-29(23)26)30(24-14-6-3-7-15-24)28(25)22-12-4-2-5-13-22/h2-20H,1H3. The minimum atomic E-state index is -0.0372. The molecule has 0 atom stereocenters. The van der Waals surface area contributed by atoms with Crippen LogP contribution < -0.4 is 5.56 Å². The van der Waals surface area contributed by atoms with Gasteiger partial charge < -0.3 is 0 Å². The third kappa shape index (κ3) is 3.13. The molecule has 0 aliphatic carbocycles. The van der Waals surface area contributed by atoms with Crippen LogP contribution in [0.5, 0.6) is 0 Å². The van der Waals surface area contributed by atoms with Gasteiger partial charge in [0.15, 0.2) is 0 Å². The van der Waals surface area contributed by atoms with Gasteiger partial charge in [-0.05, 0) is 41.1 Å². The van der Waals surface area contributed by atoms with Crippen molar-refractivity contribution in [2.75, 3.05) is 0 Å². The van der Waals surface area contributed by atoms with Crippen molar-refractivity contribution in [1.82, 2.24) is 9.55 Å². The van der Waals surface area contributed by atoms with Gasteiger partial charge in [-0.25, -0.2) is 0 Å². The lowest BCUT2D eigenvalue weighted by molar-refractivity contribution is 1.02. The molecule has 6 aromatic rings. The Morgan fingerprint density at radius 2 is 1.35 bits per heavy atom. The molecule has 0 fully saturated rings. The molecule has 4 aromatic carbocycles. The first kappa shape index (κ1) is 20.1. The van der Waals surface area contributed by atoms with E-state index in [1.807, 2.05) is 90.4 Å². The molecule has 34 heavy (non-hydrogen) atoms.